The summed E-state index contributed by atoms with van der Waals surface area (Å²) in [4.78, 5) is 2.50. The summed E-state index contributed by atoms with van der Waals surface area (Å²) in [5.74, 6) is -0.187. The molecule has 0 atom stereocenters. The molecular formula is C16H25FN2O. The number of likely N-dealkylation sites (tertiary alicyclic amines) is 1. The van der Waals surface area contributed by atoms with Crippen LogP contribution in [0.15, 0.2) is 24.3 Å². The number of hydrogen-bond donors (Lipinski definition) is 2. The zero-order valence-corrected chi connectivity index (χ0v) is 12.0. The van der Waals surface area contributed by atoms with Crippen LogP contribution in [0.5, 0.6) is 0 Å². The van der Waals surface area contributed by atoms with Crippen molar-refractivity contribution in [2.45, 2.75) is 38.1 Å². The minimum Gasteiger partial charge on any atom is -0.396 e. The van der Waals surface area contributed by atoms with Crippen molar-refractivity contribution in [3.63, 3.8) is 0 Å². The van der Waals surface area contributed by atoms with Crippen LogP contribution in [0.1, 0.15) is 32.1 Å². The van der Waals surface area contributed by atoms with Gasteiger partial charge in [-0.05, 0) is 62.9 Å². The molecule has 3 nitrogen and oxygen atoms in total. The first-order valence-electron chi connectivity index (χ1n) is 7.63. The minimum atomic E-state index is -0.187. The highest BCUT2D eigenvalue weighted by Gasteiger charge is 2.18. The maximum absolute atomic E-state index is 12.8. The zero-order chi connectivity index (χ0) is 14.2. The van der Waals surface area contributed by atoms with Gasteiger partial charge in [-0.1, -0.05) is 0 Å². The van der Waals surface area contributed by atoms with E-state index in [4.69, 9.17) is 5.11 Å². The van der Waals surface area contributed by atoms with Crippen LogP contribution in [0.25, 0.3) is 0 Å². The van der Waals surface area contributed by atoms with Crippen molar-refractivity contribution in [1.29, 1.82) is 0 Å². The lowest BCUT2D eigenvalue weighted by molar-refractivity contribution is 0.211. The summed E-state index contributed by atoms with van der Waals surface area (Å²) >= 11 is 0. The van der Waals surface area contributed by atoms with Gasteiger partial charge in [0, 0.05) is 31.4 Å². The van der Waals surface area contributed by atoms with Gasteiger partial charge in [-0.25, -0.2) is 4.39 Å². The Morgan fingerprint density at radius 3 is 2.45 bits per heavy atom. The second-order valence-corrected chi connectivity index (χ2v) is 5.55. The largest absolute Gasteiger partial charge is 0.396 e. The summed E-state index contributed by atoms with van der Waals surface area (Å²) in [6.45, 7) is 3.70. The highest BCUT2D eigenvalue weighted by molar-refractivity contribution is 5.43. The van der Waals surface area contributed by atoms with Crippen LogP contribution >= 0.6 is 0 Å². The number of hydrogen-bond acceptors (Lipinski definition) is 3. The fourth-order valence-electron chi connectivity index (χ4n) is 2.71. The van der Waals surface area contributed by atoms with Gasteiger partial charge in [0.15, 0.2) is 0 Å². The number of aliphatic hydroxyl groups is 1. The molecule has 2 rings (SSSR count). The van der Waals surface area contributed by atoms with E-state index in [0.717, 1.165) is 51.0 Å². The zero-order valence-electron chi connectivity index (χ0n) is 12.0. The number of rotatable bonds is 7. The number of nitrogens with one attached hydrogen (secondary N) is 1. The lowest BCUT2D eigenvalue weighted by Crippen LogP contribution is -2.39. The maximum Gasteiger partial charge on any atom is 0.123 e. The molecule has 1 heterocycles. The van der Waals surface area contributed by atoms with E-state index in [1.54, 1.807) is 12.1 Å². The van der Waals surface area contributed by atoms with Gasteiger partial charge in [-0.2, -0.15) is 0 Å². The van der Waals surface area contributed by atoms with E-state index in [1.165, 1.54) is 18.6 Å². The summed E-state index contributed by atoms with van der Waals surface area (Å²) < 4.78 is 12.8. The van der Waals surface area contributed by atoms with Crippen molar-refractivity contribution in [3.05, 3.63) is 30.1 Å². The summed E-state index contributed by atoms with van der Waals surface area (Å²) in [7, 11) is 0. The van der Waals surface area contributed by atoms with Gasteiger partial charge in [0.1, 0.15) is 5.82 Å². The van der Waals surface area contributed by atoms with Crippen LogP contribution in [0.3, 0.4) is 0 Å². The van der Waals surface area contributed by atoms with Crippen LogP contribution in [-0.2, 0) is 0 Å². The average Bonchev–Trinajstić information content (AvgIpc) is 2.48. The van der Waals surface area contributed by atoms with E-state index in [9.17, 15) is 4.39 Å². The van der Waals surface area contributed by atoms with E-state index in [1.807, 2.05) is 0 Å². The molecule has 112 valence electrons. The van der Waals surface area contributed by atoms with Crippen molar-refractivity contribution in [2.24, 2.45) is 0 Å². The topological polar surface area (TPSA) is 35.5 Å². The molecule has 1 fully saturated rings. The second-order valence-electron chi connectivity index (χ2n) is 5.55. The van der Waals surface area contributed by atoms with Gasteiger partial charge in [-0.15, -0.1) is 0 Å². The number of piperidine rings is 1. The molecule has 4 heteroatoms. The summed E-state index contributed by atoms with van der Waals surface area (Å²) in [5.41, 5.74) is 1.01. The van der Waals surface area contributed by atoms with E-state index in [0.29, 0.717) is 12.6 Å². The third-order valence-electron chi connectivity index (χ3n) is 3.94. The van der Waals surface area contributed by atoms with Crippen molar-refractivity contribution < 1.29 is 9.50 Å². The molecule has 0 spiro atoms. The van der Waals surface area contributed by atoms with Gasteiger partial charge < -0.3 is 15.3 Å². The Labute approximate surface area is 120 Å². The molecule has 2 N–H and O–H groups in total. The number of aliphatic hydroxyl groups excluding tert-OH is 1. The van der Waals surface area contributed by atoms with Gasteiger partial charge >= 0.3 is 0 Å². The second kappa shape index (κ2) is 8.22. The van der Waals surface area contributed by atoms with Crippen LogP contribution in [0, 0.1) is 5.82 Å². The predicted molar refractivity (Wildman–Crippen MR) is 80.4 cm³/mol. The molecule has 20 heavy (non-hydrogen) atoms. The molecule has 1 aromatic carbocycles. The monoisotopic (exact) mass is 280 g/mol. The van der Waals surface area contributed by atoms with Crippen molar-refractivity contribution in [3.8, 4) is 0 Å². The summed E-state index contributed by atoms with van der Waals surface area (Å²) in [6.07, 6.45) is 5.48. The van der Waals surface area contributed by atoms with E-state index in [2.05, 4.69) is 10.2 Å². The first-order chi connectivity index (χ1) is 9.78. The van der Waals surface area contributed by atoms with Crippen LogP contribution in [0.4, 0.5) is 10.1 Å². The number of halogens is 1. The minimum absolute atomic E-state index is 0.187. The average molecular weight is 280 g/mol. The summed E-state index contributed by atoms with van der Waals surface area (Å²) in [6, 6.07) is 7.10. The SMILES string of the molecule is OCCCCCN1CCC(Nc2ccc(F)cc2)CC1. The Morgan fingerprint density at radius 1 is 1.10 bits per heavy atom. The van der Waals surface area contributed by atoms with Gasteiger partial charge in [0.25, 0.3) is 0 Å². The van der Waals surface area contributed by atoms with E-state index in [-0.39, 0.29) is 5.82 Å². The quantitative estimate of drug-likeness (QED) is 0.754. The molecule has 1 aliphatic heterocycles. The molecule has 1 saturated heterocycles. The Hall–Kier alpha value is -1.13. The highest BCUT2D eigenvalue weighted by Crippen LogP contribution is 2.17. The van der Waals surface area contributed by atoms with Gasteiger partial charge in [0.05, 0.1) is 0 Å². The van der Waals surface area contributed by atoms with Crippen LogP contribution in [0.2, 0.25) is 0 Å². The number of nitrogens with zero attached hydrogens (tertiary/aromatic N) is 1. The van der Waals surface area contributed by atoms with E-state index < -0.39 is 0 Å². The van der Waals surface area contributed by atoms with Crippen LogP contribution < -0.4 is 5.32 Å². The summed E-state index contributed by atoms with van der Waals surface area (Å²) in [5, 5.41) is 12.2. The van der Waals surface area contributed by atoms with Gasteiger partial charge in [-0.3, -0.25) is 0 Å². The Kier molecular flexibility index (Phi) is 6.27. The Morgan fingerprint density at radius 2 is 1.80 bits per heavy atom. The maximum atomic E-state index is 12.8. The third-order valence-corrected chi connectivity index (χ3v) is 3.94. The molecule has 0 aromatic heterocycles. The Balaban J connectivity index is 1.65. The highest BCUT2D eigenvalue weighted by atomic mass is 19.1. The smallest absolute Gasteiger partial charge is 0.123 e. The standard InChI is InChI=1S/C16H25FN2O/c17-14-4-6-15(7-5-14)18-16-8-11-19(12-9-16)10-2-1-3-13-20/h4-7,16,18,20H,1-3,8-13H2. The van der Waals surface area contributed by atoms with E-state index >= 15 is 0 Å². The fourth-order valence-corrected chi connectivity index (χ4v) is 2.71. The molecule has 0 aliphatic carbocycles. The molecule has 0 amide bonds. The molecule has 0 bridgehead atoms. The molecule has 1 aliphatic rings. The first-order valence-corrected chi connectivity index (χ1v) is 7.63. The molecular weight excluding hydrogens is 255 g/mol. The van der Waals surface area contributed by atoms with Gasteiger partial charge in [0.2, 0.25) is 0 Å². The van der Waals surface area contributed by atoms with Crippen molar-refractivity contribution in [2.75, 3.05) is 31.6 Å². The number of benzene rings is 1. The lowest BCUT2D eigenvalue weighted by Gasteiger charge is -2.32. The van der Waals surface area contributed by atoms with Crippen LogP contribution in [-0.4, -0.2) is 42.3 Å². The molecule has 0 unspecified atom stereocenters. The Bertz CT molecular complexity index is 375. The molecule has 0 saturated carbocycles. The number of anilines is 1. The van der Waals surface area contributed by atoms with Crippen molar-refractivity contribution >= 4 is 5.69 Å². The predicted octanol–water partition coefficient (Wildman–Crippen LogP) is 2.86. The lowest BCUT2D eigenvalue weighted by atomic mass is 10.0. The fraction of sp³-hybridized carbons (Fsp3) is 0.625. The molecule has 0 radical (unpaired) electrons. The normalized spacial score (nSPS) is 17.3. The molecule has 1 aromatic rings. The number of unbranched alkanes of at least 4 members (excludes halogenated alkanes) is 2. The third kappa shape index (κ3) is 5.10. The van der Waals surface area contributed by atoms with Crippen molar-refractivity contribution in [1.82, 2.24) is 4.90 Å². The first kappa shape index (κ1) is 15.3.